The molecule has 3 rings (SSSR count). The minimum absolute atomic E-state index is 0.0773. The molecule has 1 heterocycles. The summed E-state index contributed by atoms with van der Waals surface area (Å²) in [6.07, 6.45) is 0.977. The molecule has 0 aliphatic carbocycles. The van der Waals surface area contributed by atoms with Crippen molar-refractivity contribution in [2.45, 2.75) is 18.5 Å². The maximum atomic E-state index is 12.2. The smallest absolute Gasteiger partial charge is 0.234 e. The fourth-order valence-electron chi connectivity index (χ4n) is 2.47. The first-order chi connectivity index (χ1) is 12.6. The van der Waals surface area contributed by atoms with E-state index in [1.54, 1.807) is 0 Å². The van der Waals surface area contributed by atoms with Crippen LogP contribution >= 0.6 is 23.4 Å². The Hall–Kier alpha value is -2.31. The first-order valence-corrected chi connectivity index (χ1v) is 9.60. The fraction of sp³-hybridized carbons (Fsp3) is 0.211. The SMILES string of the molecule is CCc1ccc(NC(=O)CSc2nnc(-c3cccc(Cl)c3)n2C)cc1. The molecule has 0 aliphatic rings. The second-order valence-electron chi connectivity index (χ2n) is 5.76. The van der Waals surface area contributed by atoms with Crippen LogP contribution < -0.4 is 5.32 Å². The summed E-state index contributed by atoms with van der Waals surface area (Å²) in [7, 11) is 1.87. The third kappa shape index (κ3) is 4.45. The normalized spacial score (nSPS) is 10.7. The zero-order valence-corrected chi connectivity index (χ0v) is 16.1. The molecular formula is C19H19ClN4OS. The highest BCUT2D eigenvalue weighted by Crippen LogP contribution is 2.24. The number of halogens is 1. The van der Waals surface area contributed by atoms with Crippen molar-refractivity contribution in [2.24, 2.45) is 7.05 Å². The summed E-state index contributed by atoms with van der Waals surface area (Å²) in [4.78, 5) is 12.2. The Labute approximate surface area is 161 Å². The number of anilines is 1. The van der Waals surface area contributed by atoms with Crippen molar-refractivity contribution in [3.05, 3.63) is 59.1 Å². The molecule has 0 aliphatic heterocycles. The summed E-state index contributed by atoms with van der Waals surface area (Å²) >= 11 is 7.38. The van der Waals surface area contributed by atoms with Crippen molar-refractivity contribution < 1.29 is 4.79 Å². The van der Waals surface area contributed by atoms with Gasteiger partial charge in [-0.3, -0.25) is 4.79 Å². The lowest BCUT2D eigenvalue weighted by molar-refractivity contribution is -0.113. The second kappa shape index (κ2) is 8.38. The van der Waals surface area contributed by atoms with E-state index in [-0.39, 0.29) is 11.7 Å². The number of aryl methyl sites for hydroxylation is 1. The second-order valence-corrected chi connectivity index (χ2v) is 7.14. The van der Waals surface area contributed by atoms with Gasteiger partial charge in [0.2, 0.25) is 5.91 Å². The van der Waals surface area contributed by atoms with Crippen molar-refractivity contribution in [2.75, 3.05) is 11.1 Å². The molecule has 0 spiro atoms. The number of hydrogen-bond donors (Lipinski definition) is 1. The van der Waals surface area contributed by atoms with Gasteiger partial charge in [0.25, 0.3) is 0 Å². The van der Waals surface area contributed by atoms with Crippen LogP contribution in [0.15, 0.2) is 53.7 Å². The van der Waals surface area contributed by atoms with Crippen LogP contribution in [0.25, 0.3) is 11.4 Å². The quantitative estimate of drug-likeness (QED) is 0.636. The third-order valence-electron chi connectivity index (χ3n) is 3.90. The number of aromatic nitrogens is 3. The van der Waals surface area contributed by atoms with E-state index < -0.39 is 0 Å². The van der Waals surface area contributed by atoms with Gasteiger partial charge in [0, 0.05) is 23.3 Å². The maximum Gasteiger partial charge on any atom is 0.234 e. The molecule has 0 saturated carbocycles. The summed E-state index contributed by atoms with van der Waals surface area (Å²) in [5, 5.41) is 12.6. The zero-order valence-electron chi connectivity index (χ0n) is 14.6. The molecule has 5 nitrogen and oxygen atoms in total. The van der Waals surface area contributed by atoms with Gasteiger partial charge in [0.05, 0.1) is 5.75 Å². The lowest BCUT2D eigenvalue weighted by atomic mass is 10.1. The molecule has 134 valence electrons. The molecule has 0 fully saturated rings. The molecular weight excluding hydrogens is 368 g/mol. The van der Waals surface area contributed by atoms with Gasteiger partial charge < -0.3 is 9.88 Å². The van der Waals surface area contributed by atoms with Crippen LogP contribution in [0.3, 0.4) is 0 Å². The number of nitrogens with zero attached hydrogens (tertiary/aromatic N) is 3. The summed E-state index contributed by atoms with van der Waals surface area (Å²) in [5.41, 5.74) is 2.93. The summed E-state index contributed by atoms with van der Waals surface area (Å²) in [6.45, 7) is 2.10. The average molecular weight is 387 g/mol. The van der Waals surface area contributed by atoms with Gasteiger partial charge in [-0.05, 0) is 36.2 Å². The molecule has 0 unspecified atom stereocenters. The van der Waals surface area contributed by atoms with Gasteiger partial charge in [-0.25, -0.2) is 0 Å². The Kier molecular flexibility index (Phi) is 5.96. The van der Waals surface area contributed by atoms with Gasteiger partial charge in [-0.2, -0.15) is 0 Å². The molecule has 0 radical (unpaired) electrons. The number of nitrogens with one attached hydrogen (secondary N) is 1. The molecule has 1 N–H and O–H groups in total. The Morgan fingerprint density at radius 3 is 2.65 bits per heavy atom. The number of benzene rings is 2. The van der Waals surface area contributed by atoms with Crippen LogP contribution in [-0.2, 0) is 18.3 Å². The molecule has 0 atom stereocenters. The van der Waals surface area contributed by atoms with Crippen molar-refractivity contribution in [1.29, 1.82) is 0 Å². The molecule has 3 aromatic rings. The number of rotatable bonds is 6. The summed E-state index contributed by atoms with van der Waals surface area (Å²) < 4.78 is 1.86. The van der Waals surface area contributed by atoms with E-state index >= 15 is 0 Å². The van der Waals surface area contributed by atoms with Crippen LogP contribution in [0.4, 0.5) is 5.69 Å². The van der Waals surface area contributed by atoms with Gasteiger partial charge in [0.15, 0.2) is 11.0 Å². The van der Waals surface area contributed by atoms with Gasteiger partial charge in [0.1, 0.15) is 0 Å². The predicted molar refractivity (Wildman–Crippen MR) is 107 cm³/mol. The van der Waals surface area contributed by atoms with Crippen LogP contribution in [0.2, 0.25) is 5.02 Å². The molecule has 2 aromatic carbocycles. The van der Waals surface area contributed by atoms with Crippen LogP contribution in [0.5, 0.6) is 0 Å². The minimum Gasteiger partial charge on any atom is -0.325 e. The van der Waals surface area contributed by atoms with Crippen LogP contribution in [0.1, 0.15) is 12.5 Å². The number of hydrogen-bond acceptors (Lipinski definition) is 4. The number of carbonyl (C=O) groups excluding carboxylic acids is 1. The zero-order chi connectivity index (χ0) is 18.5. The van der Waals surface area contributed by atoms with Crippen molar-refractivity contribution >= 4 is 35.0 Å². The lowest BCUT2D eigenvalue weighted by Gasteiger charge is -2.06. The van der Waals surface area contributed by atoms with Gasteiger partial charge >= 0.3 is 0 Å². The molecule has 0 saturated heterocycles. The number of thioether (sulfide) groups is 1. The van der Waals surface area contributed by atoms with Crippen molar-refractivity contribution in [3.63, 3.8) is 0 Å². The van der Waals surface area contributed by atoms with Gasteiger partial charge in [-0.1, -0.05) is 54.6 Å². The summed E-state index contributed by atoms with van der Waals surface area (Å²) in [6, 6.07) is 15.3. The van der Waals surface area contributed by atoms with E-state index in [0.29, 0.717) is 16.0 Å². The molecule has 1 amide bonds. The highest BCUT2D eigenvalue weighted by molar-refractivity contribution is 7.99. The van der Waals surface area contributed by atoms with E-state index in [9.17, 15) is 4.79 Å². The minimum atomic E-state index is -0.0773. The number of carbonyl (C=O) groups is 1. The van der Waals surface area contributed by atoms with Crippen molar-refractivity contribution in [3.8, 4) is 11.4 Å². The van der Waals surface area contributed by atoms with Crippen molar-refractivity contribution in [1.82, 2.24) is 14.8 Å². The van der Waals surface area contributed by atoms with Gasteiger partial charge in [-0.15, -0.1) is 10.2 Å². The van der Waals surface area contributed by atoms with E-state index in [1.165, 1.54) is 17.3 Å². The van der Waals surface area contributed by atoms with E-state index in [2.05, 4.69) is 22.4 Å². The standard InChI is InChI=1S/C19H19ClN4OS/c1-3-13-7-9-16(10-8-13)21-17(25)12-26-19-23-22-18(24(19)2)14-5-4-6-15(20)11-14/h4-11H,3,12H2,1-2H3,(H,21,25). The third-order valence-corrected chi connectivity index (χ3v) is 5.15. The maximum absolute atomic E-state index is 12.2. The topological polar surface area (TPSA) is 59.8 Å². The highest BCUT2D eigenvalue weighted by atomic mass is 35.5. The molecule has 1 aromatic heterocycles. The molecule has 7 heteroatoms. The average Bonchev–Trinajstić information content (AvgIpc) is 3.01. The van der Waals surface area contributed by atoms with Crippen LogP contribution in [0, 0.1) is 0 Å². The highest BCUT2D eigenvalue weighted by Gasteiger charge is 2.13. The number of amides is 1. The first kappa shape index (κ1) is 18.5. The van der Waals surface area contributed by atoms with E-state index in [1.807, 2.05) is 60.1 Å². The fourth-order valence-corrected chi connectivity index (χ4v) is 3.37. The lowest BCUT2D eigenvalue weighted by Crippen LogP contribution is -2.14. The Bertz CT molecular complexity index is 908. The largest absolute Gasteiger partial charge is 0.325 e. The predicted octanol–water partition coefficient (Wildman–Crippen LogP) is 4.43. The molecule has 26 heavy (non-hydrogen) atoms. The monoisotopic (exact) mass is 386 g/mol. The van der Waals surface area contributed by atoms with Crippen LogP contribution in [-0.4, -0.2) is 26.4 Å². The Balaban J connectivity index is 1.61. The Morgan fingerprint density at radius 2 is 1.96 bits per heavy atom. The van der Waals surface area contributed by atoms with E-state index in [0.717, 1.165) is 17.7 Å². The Morgan fingerprint density at radius 1 is 1.19 bits per heavy atom. The first-order valence-electron chi connectivity index (χ1n) is 8.23. The van der Waals surface area contributed by atoms with E-state index in [4.69, 9.17) is 11.6 Å². The summed E-state index contributed by atoms with van der Waals surface area (Å²) in [5.74, 6) is 0.897. The molecule has 0 bridgehead atoms.